The van der Waals surface area contributed by atoms with Gasteiger partial charge in [0.2, 0.25) is 5.91 Å². The number of amides is 1. The van der Waals surface area contributed by atoms with Crippen molar-refractivity contribution in [2.24, 2.45) is 0 Å². The molecule has 9 nitrogen and oxygen atoms in total. The number of imidazole rings is 1. The van der Waals surface area contributed by atoms with Crippen LogP contribution in [0.3, 0.4) is 0 Å². The molecule has 41 heavy (non-hydrogen) atoms. The number of aliphatic hydroxyl groups is 1. The Kier molecular flexibility index (Phi) is 7.87. The summed E-state index contributed by atoms with van der Waals surface area (Å²) in [5.74, 6) is 0.238. The summed E-state index contributed by atoms with van der Waals surface area (Å²) in [6.45, 7) is 6.31. The number of carbonyl (C=O) groups is 1. The van der Waals surface area contributed by atoms with Crippen molar-refractivity contribution >= 4 is 34.4 Å². The van der Waals surface area contributed by atoms with Crippen molar-refractivity contribution in [3.05, 3.63) is 64.2 Å². The van der Waals surface area contributed by atoms with Gasteiger partial charge in [0.05, 0.1) is 36.3 Å². The van der Waals surface area contributed by atoms with E-state index in [4.69, 9.17) is 4.98 Å². The summed E-state index contributed by atoms with van der Waals surface area (Å²) >= 11 is 1.52. The Bertz CT molecular complexity index is 1530. The van der Waals surface area contributed by atoms with Gasteiger partial charge in [-0.25, -0.2) is 18.7 Å². The lowest BCUT2D eigenvalue weighted by molar-refractivity contribution is -0.131. The summed E-state index contributed by atoms with van der Waals surface area (Å²) in [7, 11) is 0. The predicted octanol–water partition coefficient (Wildman–Crippen LogP) is 3.63. The molecule has 4 aromatic rings. The number of hydrogen-bond donors (Lipinski definition) is 2. The molecule has 0 saturated carbocycles. The first-order valence-electron chi connectivity index (χ1n) is 14.0. The molecule has 3 aromatic heterocycles. The average Bonchev–Trinajstić information content (AvgIpc) is 3.71. The Morgan fingerprint density at radius 2 is 1.90 bits per heavy atom. The number of piperazine rings is 1. The number of likely N-dealkylation sites (tertiary alicyclic amines) is 1. The molecule has 6 rings (SSSR count). The average molecular weight is 582 g/mol. The zero-order valence-electron chi connectivity index (χ0n) is 22.9. The number of aromatic nitrogens is 3. The Balaban J connectivity index is 1.14. The summed E-state index contributed by atoms with van der Waals surface area (Å²) in [5.41, 5.74) is 3.53. The Labute approximate surface area is 241 Å². The number of rotatable bonds is 8. The van der Waals surface area contributed by atoms with E-state index in [0.29, 0.717) is 76.5 Å². The van der Waals surface area contributed by atoms with Crippen molar-refractivity contribution < 1.29 is 18.7 Å². The van der Waals surface area contributed by atoms with Crippen LogP contribution in [0.1, 0.15) is 24.0 Å². The van der Waals surface area contributed by atoms with Crippen LogP contribution in [0.15, 0.2) is 41.9 Å². The second kappa shape index (κ2) is 11.7. The summed E-state index contributed by atoms with van der Waals surface area (Å²) in [4.78, 5) is 27.8. The largest absolute Gasteiger partial charge is 0.391 e. The lowest BCUT2D eigenvalue weighted by atomic mass is 10.2. The Morgan fingerprint density at radius 1 is 1.12 bits per heavy atom. The quantitative estimate of drug-likeness (QED) is 0.329. The zero-order chi connectivity index (χ0) is 28.5. The molecule has 0 unspecified atom stereocenters. The van der Waals surface area contributed by atoms with Crippen LogP contribution in [-0.2, 0) is 17.8 Å². The molecule has 5 heterocycles. The molecule has 2 saturated heterocycles. The van der Waals surface area contributed by atoms with Crippen LogP contribution in [0, 0.1) is 11.6 Å². The van der Waals surface area contributed by atoms with Gasteiger partial charge >= 0.3 is 0 Å². The standard InChI is InChI=1S/C29H33F2N7O2S/c1-2-23-29(32-14-27-34-24(18-41-27)19-3-5-20(30)6-4-19)38-16-25(22(31)13-26(38)33-23)36-11-9-35(10-12-36)17-28(40)37-8-7-21(39)15-37/h3-6,13,16,18,21,32,39H,2,7-12,14-15,17H2,1H3/t21-/m0/s1. The number of fused-ring (bicyclic) bond motifs is 1. The summed E-state index contributed by atoms with van der Waals surface area (Å²) in [5, 5.41) is 16.0. The Hall–Kier alpha value is -3.61. The number of pyridine rings is 1. The molecule has 0 spiro atoms. The van der Waals surface area contributed by atoms with Gasteiger partial charge in [0, 0.05) is 62.5 Å². The highest BCUT2D eigenvalue weighted by molar-refractivity contribution is 7.10. The molecule has 1 aromatic carbocycles. The summed E-state index contributed by atoms with van der Waals surface area (Å²) in [6.07, 6.45) is 2.69. The first-order chi connectivity index (χ1) is 19.9. The van der Waals surface area contributed by atoms with E-state index in [1.807, 2.05) is 21.6 Å². The summed E-state index contributed by atoms with van der Waals surface area (Å²) < 4.78 is 30.5. The maximum absolute atomic E-state index is 15.3. The highest BCUT2D eigenvalue weighted by atomic mass is 32.1. The minimum Gasteiger partial charge on any atom is -0.391 e. The number of nitrogens with one attached hydrogen (secondary N) is 1. The number of thiazole rings is 1. The molecule has 2 aliphatic rings. The van der Waals surface area contributed by atoms with Crippen molar-refractivity contribution in [1.29, 1.82) is 0 Å². The first kappa shape index (κ1) is 27.6. The van der Waals surface area contributed by atoms with E-state index in [9.17, 15) is 14.3 Å². The molecule has 2 N–H and O–H groups in total. The van der Waals surface area contributed by atoms with E-state index in [0.717, 1.165) is 27.8 Å². The summed E-state index contributed by atoms with van der Waals surface area (Å²) in [6, 6.07) is 7.76. The van der Waals surface area contributed by atoms with Gasteiger partial charge in [0.25, 0.3) is 0 Å². The molecule has 1 amide bonds. The van der Waals surface area contributed by atoms with Crippen LogP contribution >= 0.6 is 11.3 Å². The van der Waals surface area contributed by atoms with E-state index in [1.165, 1.54) is 29.5 Å². The third-order valence-corrected chi connectivity index (χ3v) is 8.63. The van der Waals surface area contributed by atoms with Crippen LogP contribution in [0.2, 0.25) is 0 Å². The number of aryl methyl sites for hydroxylation is 1. The third-order valence-electron chi connectivity index (χ3n) is 7.78. The minimum absolute atomic E-state index is 0.0360. The number of anilines is 2. The number of carbonyl (C=O) groups excluding carboxylic acids is 1. The highest BCUT2D eigenvalue weighted by Crippen LogP contribution is 2.28. The fraction of sp³-hybridized carbons (Fsp3) is 0.414. The fourth-order valence-electron chi connectivity index (χ4n) is 5.48. The zero-order valence-corrected chi connectivity index (χ0v) is 23.7. The highest BCUT2D eigenvalue weighted by Gasteiger charge is 2.28. The van der Waals surface area contributed by atoms with Gasteiger partial charge in [0.1, 0.15) is 22.3 Å². The number of halogens is 2. The molecule has 1 atom stereocenters. The third kappa shape index (κ3) is 5.90. The molecular formula is C29H33F2N7O2S. The smallest absolute Gasteiger partial charge is 0.236 e. The van der Waals surface area contributed by atoms with E-state index in [2.05, 4.69) is 15.2 Å². The van der Waals surface area contributed by atoms with E-state index in [1.54, 1.807) is 23.2 Å². The van der Waals surface area contributed by atoms with Gasteiger partial charge in [-0.2, -0.15) is 0 Å². The van der Waals surface area contributed by atoms with Crippen molar-refractivity contribution in [2.75, 3.05) is 56.0 Å². The molecule has 216 valence electrons. The normalized spacial score (nSPS) is 18.0. The maximum atomic E-state index is 15.3. The van der Waals surface area contributed by atoms with E-state index >= 15 is 4.39 Å². The van der Waals surface area contributed by atoms with Gasteiger partial charge in [-0.3, -0.25) is 14.1 Å². The second-order valence-corrected chi connectivity index (χ2v) is 11.5. The van der Waals surface area contributed by atoms with E-state index in [-0.39, 0.29) is 17.5 Å². The predicted molar refractivity (Wildman–Crippen MR) is 155 cm³/mol. The van der Waals surface area contributed by atoms with Crippen molar-refractivity contribution in [2.45, 2.75) is 32.4 Å². The van der Waals surface area contributed by atoms with Gasteiger partial charge in [-0.15, -0.1) is 11.3 Å². The van der Waals surface area contributed by atoms with Crippen molar-refractivity contribution in [3.63, 3.8) is 0 Å². The van der Waals surface area contributed by atoms with Crippen LogP contribution in [0.25, 0.3) is 16.9 Å². The van der Waals surface area contributed by atoms with Crippen LogP contribution in [0.4, 0.5) is 20.3 Å². The molecule has 0 radical (unpaired) electrons. The van der Waals surface area contributed by atoms with Crippen LogP contribution in [-0.4, -0.2) is 87.1 Å². The second-order valence-electron chi connectivity index (χ2n) is 10.5. The molecule has 12 heteroatoms. The molecule has 0 aliphatic carbocycles. The molecule has 0 bridgehead atoms. The minimum atomic E-state index is -0.426. The first-order valence-corrected chi connectivity index (χ1v) is 14.8. The fourth-order valence-corrected chi connectivity index (χ4v) is 6.22. The number of β-amino-alcohol motifs (C(OH)–C–C–N with tert-alkyl or cyclic N) is 1. The number of benzene rings is 1. The topological polar surface area (TPSA) is 89.2 Å². The van der Waals surface area contributed by atoms with Gasteiger partial charge in [0.15, 0.2) is 5.82 Å². The van der Waals surface area contributed by atoms with Crippen LogP contribution < -0.4 is 10.2 Å². The molecular weight excluding hydrogens is 548 g/mol. The van der Waals surface area contributed by atoms with Gasteiger partial charge in [-0.05, 0) is 37.1 Å². The Morgan fingerprint density at radius 3 is 2.61 bits per heavy atom. The number of hydrogen-bond acceptors (Lipinski definition) is 8. The monoisotopic (exact) mass is 581 g/mol. The number of nitrogens with zero attached hydrogens (tertiary/aromatic N) is 6. The SMILES string of the molecule is CCc1nc2cc(F)c(N3CCN(CC(=O)N4CC[C@H](O)C4)CC3)cn2c1NCc1nc(-c2ccc(F)cc2)cs1. The van der Waals surface area contributed by atoms with Gasteiger partial charge in [-0.1, -0.05) is 6.92 Å². The van der Waals surface area contributed by atoms with Crippen molar-refractivity contribution in [1.82, 2.24) is 24.2 Å². The molecule has 2 fully saturated rings. The maximum Gasteiger partial charge on any atom is 0.236 e. The van der Waals surface area contributed by atoms with Crippen molar-refractivity contribution in [3.8, 4) is 11.3 Å². The van der Waals surface area contributed by atoms with Crippen LogP contribution in [0.5, 0.6) is 0 Å². The van der Waals surface area contributed by atoms with E-state index < -0.39 is 6.10 Å². The lowest BCUT2D eigenvalue weighted by Gasteiger charge is -2.36. The molecule has 2 aliphatic heterocycles. The lowest BCUT2D eigenvalue weighted by Crippen LogP contribution is -2.50. The van der Waals surface area contributed by atoms with Gasteiger partial charge < -0.3 is 20.2 Å². The number of aliphatic hydroxyl groups excluding tert-OH is 1.